The molecule has 3 nitrogen and oxygen atoms in total. The summed E-state index contributed by atoms with van der Waals surface area (Å²) in [5.74, 6) is 0.213. The van der Waals surface area contributed by atoms with Gasteiger partial charge in [0.25, 0.3) is 0 Å². The Morgan fingerprint density at radius 1 is 1.33 bits per heavy atom. The van der Waals surface area contributed by atoms with Crippen molar-refractivity contribution in [2.75, 3.05) is 20.3 Å². The van der Waals surface area contributed by atoms with Crippen molar-refractivity contribution in [2.45, 2.75) is 26.7 Å². The normalized spacial score (nSPS) is 15.3. The van der Waals surface area contributed by atoms with Crippen LogP contribution in [0.5, 0.6) is 0 Å². The van der Waals surface area contributed by atoms with E-state index >= 15 is 0 Å². The van der Waals surface area contributed by atoms with E-state index in [1.807, 2.05) is 13.8 Å². The number of hydrogen-bond acceptors (Lipinski definition) is 2. The number of carbonyl (C=O) groups is 1. The lowest BCUT2D eigenvalue weighted by Gasteiger charge is -1.98. The Balaban J connectivity index is 0.000000211. The van der Waals surface area contributed by atoms with E-state index < -0.39 is 0 Å². The topological polar surface area (TPSA) is 38.3 Å². The van der Waals surface area contributed by atoms with E-state index in [-0.39, 0.29) is 11.8 Å². The molecule has 1 fully saturated rings. The molecule has 1 saturated heterocycles. The van der Waals surface area contributed by atoms with E-state index in [9.17, 15) is 4.79 Å². The second-order valence-corrected chi connectivity index (χ2v) is 3.09. The monoisotopic (exact) mass is 173 g/mol. The summed E-state index contributed by atoms with van der Waals surface area (Å²) in [6.07, 6.45) is 2.56. The number of amides is 1. The van der Waals surface area contributed by atoms with Gasteiger partial charge in [-0.2, -0.15) is 0 Å². The third-order valence-electron chi connectivity index (χ3n) is 1.60. The standard InChI is InChI=1S/C5H11NO.C4H8O/c1-4(2)5(7)6-3;1-2-4-5-3-1/h4H,1-3H3,(H,6,7);1-4H2. The lowest BCUT2D eigenvalue weighted by molar-refractivity contribution is -0.123. The summed E-state index contributed by atoms with van der Waals surface area (Å²) >= 11 is 0. The van der Waals surface area contributed by atoms with Gasteiger partial charge in [-0.25, -0.2) is 0 Å². The average molecular weight is 173 g/mol. The summed E-state index contributed by atoms with van der Waals surface area (Å²) in [6.45, 7) is 5.72. The third kappa shape index (κ3) is 6.16. The zero-order chi connectivity index (χ0) is 9.40. The van der Waals surface area contributed by atoms with E-state index in [4.69, 9.17) is 4.74 Å². The van der Waals surface area contributed by atoms with Crippen LogP contribution in [-0.2, 0) is 9.53 Å². The summed E-state index contributed by atoms with van der Waals surface area (Å²) in [6, 6.07) is 0. The summed E-state index contributed by atoms with van der Waals surface area (Å²) in [7, 11) is 1.64. The molecular formula is C9H19NO2. The summed E-state index contributed by atoms with van der Waals surface area (Å²) < 4.78 is 4.94. The molecule has 0 saturated carbocycles. The first-order valence-electron chi connectivity index (χ1n) is 4.47. The molecule has 0 unspecified atom stereocenters. The van der Waals surface area contributed by atoms with Crippen LogP contribution < -0.4 is 5.32 Å². The van der Waals surface area contributed by atoms with Gasteiger partial charge in [-0.1, -0.05) is 13.8 Å². The van der Waals surface area contributed by atoms with Crippen LogP contribution in [0, 0.1) is 5.92 Å². The third-order valence-corrected chi connectivity index (χ3v) is 1.60. The number of hydrogen-bond donors (Lipinski definition) is 1. The Labute approximate surface area is 74.5 Å². The van der Waals surface area contributed by atoms with Crippen molar-refractivity contribution in [2.24, 2.45) is 5.92 Å². The quantitative estimate of drug-likeness (QED) is 0.646. The van der Waals surface area contributed by atoms with E-state index in [1.165, 1.54) is 12.8 Å². The molecule has 1 heterocycles. The van der Waals surface area contributed by atoms with Crippen LogP contribution in [0.4, 0.5) is 0 Å². The predicted octanol–water partition coefficient (Wildman–Crippen LogP) is 1.19. The van der Waals surface area contributed by atoms with Gasteiger partial charge in [-0.15, -0.1) is 0 Å². The largest absolute Gasteiger partial charge is 0.381 e. The second-order valence-electron chi connectivity index (χ2n) is 3.09. The van der Waals surface area contributed by atoms with E-state index in [0.29, 0.717) is 0 Å². The van der Waals surface area contributed by atoms with Crippen LogP contribution in [0.3, 0.4) is 0 Å². The van der Waals surface area contributed by atoms with Crippen molar-refractivity contribution < 1.29 is 9.53 Å². The Bertz CT molecular complexity index is 112. The van der Waals surface area contributed by atoms with Crippen LogP contribution in [0.25, 0.3) is 0 Å². The minimum atomic E-state index is 0.0972. The molecule has 0 aromatic rings. The van der Waals surface area contributed by atoms with Crippen LogP contribution in [-0.4, -0.2) is 26.2 Å². The smallest absolute Gasteiger partial charge is 0.222 e. The predicted molar refractivity (Wildman–Crippen MR) is 49.0 cm³/mol. The Kier molecular flexibility index (Phi) is 6.76. The van der Waals surface area contributed by atoms with E-state index in [0.717, 1.165) is 13.2 Å². The fourth-order valence-corrected chi connectivity index (χ4v) is 0.799. The first-order valence-corrected chi connectivity index (χ1v) is 4.47. The highest BCUT2D eigenvalue weighted by Gasteiger charge is 2.00. The number of ether oxygens (including phenoxy) is 1. The number of rotatable bonds is 1. The minimum absolute atomic E-state index is 0.0972. The Morgan fingerprint density at radius 3 is 1.92 bits per heavy atom. The molecule has 0 radical (unpaired) electrons. The maximum atomic E-state index is 10.4. The van der Waals surface area contributed by atoms with Crippen molar-refractivity contribution in [1.29, 1.82) is 0 Å². The van der Waals surface area contributed by atoms with Crippen LogP contribution in [0.1, 0.15) is 26.7 Å². The molecule has 12 heavy (non-hydrogen) atoms. The second kappa shape index (κ2) is 7.10. The Hall–Kier alpha value is -0.570. The molecular weight excluding hydrogens is 154 g/mol. The highest BCUT2D eigenvalue weighted by Crippen LogP contribution is 1.98. The van der Waals surface area contributed by atoms with Gasteiger partial charge in [-0.3, -0.25) is 4.79 Å². The molecule has 1 aliphatic heterocycles. The first-order chi connectivity index (χ1) is 5.68. The highest BCUT2D eigenvalue weighted by molar-refractivity contribution is 5.77. The maximum absolute atomic E-state index is 10.4. The van der Waals surface area contributed by atoms with E-state index in [1.54, 1.807) is 7.05 Å². The number of carbonyl (C=O) groups excluding carboxylic acids is 1. The van der Waals surface area contributed by atoms with Crippen molar-refractivity contribution in [3.8, 4) is 0 Å². The molecule has 0 atom stereocenters. The molecule has 1 aliphatic rings. The van der Waals surface area contributed by atoms with Crippen molar-refractivity contribution in [3.63, 3.8) is 0 Å². The highest BCUT2D eigenvalue weighted by atomic mass is 16.5. The lowest BCUT2D eigenvalue weighted by atomic mass is 10.2. The molecule has 1 rings (SSSR count). The van der Waals surface area contributed by atoms with Gasteiger partial charge >= 0.3 is 0 Å². The molecule has 1 N–H and O–H groups in total. The summed E-state index contributed by atoms with van der Waals surface area (Å²) in [5, 5.41) is 2.53. The number of nitrogens with one attached hydrogen (secondary N) is 1. The molecule has 1 amide bonds. The van der Waals surface area contributed by atoms with Gasteiger partial charge < -0.3 is 10.1 Å². The van der Waals surface area contributed by atoms with Crippen molar-refractivity contribution in [3.05, 3.63) is 0 Å². The average Bonchev–Trinajstić information content (AvgIpc) is 2.59. The molecule has 0 spiro atoms. The molecule has 72 valence electrons. The summed E-state index contributed by atoms with van der Waals surface area (Å²) in [4.78, 5) is 10.4. The zero-order valence-electron chi connectivity index (χ0n) is 8.22. The van der Waals surface area contributed by atoms with Gasteiger partial charge in [-0.05, 0) is 12.8 Å². The van der Waals surface area contributed by atoms with Gasteiger partial charge in [0.15, 0.2) is 0 Å². The molecule has 0 aliphatic carbocycles. The lowest BCUT2D eigenvalue weighted by Crippen LogP contribution is -2.22. The molecule has 0 bridgehead atoms. The van der Waals surface area contributed by atoms with Gasteiger partial charge in [0.1, 0.15) is 0 Å². The first kappa shape index (κ1) is 11.4. The molecule has 0 aromatic heterocycles. The SMILES string of the molecule is C1CCOC1.CNC(=O)C(C)C. The molecule has 0 aromatic carbocycles. The van der Waals surface area contributed by atoms with Gasteiger partial charge in [0.2, 0.25) is 5.91 Å². The minimum Gasteiger partial charge on any atom is -0.381 e. The zero-order valence-corrected chi connectivity index (χ0v) is 8.22. The van der Waals surface area contributed by atoms with Gasteiger partial charge in [0, 0.05) is 26.2 Å². The molecule has 3 heteroatoms. The van der Waals surface area contributed by atoms with E-state index in [2.05, 4.69) is 5.32 Å². The van der Waals surface area contributed by atoms with Crippen LogP contribution >= 0.6 is 0 Å². The van der Waals surface area contributed by atoms with Gasteiger partial charge in [0.05, 0.1) is 0 Å². The van der Waals surface area contributed by atoms with Crippen molar-refractivity contribution >= 4 is 5.91 Å². The Morgan fingerprint density at radius 2 is 1.83 bits per heavy atom. The fourth-order valence-electron chi connectivity index (χ4n) is 0.799. The maximum Gasteiger partial charge on any atom is 0.222 e. The van der Waals surface area contributed by atoms with Crippen LogP contribution in [0.15, 0.2) is 0 Å². The fraction of sp³-hybridized carbons (Fsp3) is 0.889. The summed E-state index contributed by atoms with van der Waals surface area (Å²) in [5.41, 5.74) is 0. The van der Waals surface area contributed by atoms with Crippen LogP contribution in [0.2, 0.25) is 0 Å². The van der Waals surface area contributed by atoms with Crippen molar-refractivity contribution in [1.82, 2.24) is 5.32 Å².